The molecule has 0 saturated heterocycles. The molecule has 0 spiro atoms. The predicted octanol–water partition coefficient (Wildman–Crippen LogP) is 1.94. The Hall–Kier alpha value is -2.15. The van der Waals surface area contributed by atoms with Gasteiger partial charge >= 0.3 is 0 Å². The molecule has 2 rings (SSSR count). The van der Waals surface area contributed by atoms with Crippen LogP contribution in [0.15, 0.2) is 33.5 Å². The maximum absolute atomic E-state index is 12.1. The number of amides is 2. The number of carbonyl (C=O) groups excluding carboxylic acids is 2. The molecule has 23 heavy (non-hydrogen) atoms. The van der Waals surface area contributed by atoms with Crippen LogP contribution < -0.4 is 16.2 Å². The number of pyridine rings is 1. The molecule has 1 aromatic carbocycles. The summed E-state index contributed by atoms with van der Waals surface area (Å²) in [4.78, 5) is 37.5. The Bertz CT molecular complexity index is 786. The fourth-order valence-corrected chi connectivity index (χ4v) is 2.54. The fourth-order valence-electron chi connectivity index (χ4n) is 2.16. The molecule has 2 amide bonds. The number of aromatic nitrogens is 1. The third-order valence-electron chi connectivity index (χ3n) is 3.31. The van der Waals surface area contributed by atoms with Gasteiger partial charge in [-0.1, -0.05) is 15.9 Å². The van der Waals surface area contributed by atoms with Crippen molar-refractivity contribution in [3.8, 4) is 0 Å². The molecule has 7 heteroatoms. The number of halogens is 1. The number of benzene rings is 1. The van der Waals surface area contributed by atoms with Gasteiger partial charge in [-0.05, 0) is 37.1 Å². The highest BCUT2D eigenvalue weighted by molar-refractivity contribution is 9.10. The van der Waals surface area contributed by atoms with Crippen LogP contribution in [-0.4, -0.2) is 29.9 Å². The Labute approximate surface area is 141 Å². The van der Waals surface area contributed by atoms with Crippen LogP contribution in [-0.2, 0) is 4.79 Å². The van der Waals surface area contributed by atoms with Crippen molar-refractivity contribution in [3.05, 3.63) is 44.7 Å². The first kappa shape index (κ1) is 17.2. The molecule has 122 valence electrons. The van der Waals surface area contributed by atoms with Crippen molar-refractivity contribution < 1.29 is 9.59 Å². The second-order valence-electron chi connectivity index (χ2n) is 5.19. The third-order valence-corrected chi connectivity index (χ3v) is 3.81. The second kappa shape index (κ2) is 7.92. The molecule has 0 radical (unpaired) electrons. The number of rotatable bonds is 6. The fraction of sp³-hybridized carbons (Fsp3) is 0.312. The first-order valence-electron chi connectivity index (χ1n) is 7.32. The highest BCUT2D eigenvalue weighted by atomic mass is 79.9. The van der Waals surface area contributed by atoms with E-state index in [-0.39, 0.29) is 11.5 Å². The van der Waals surface area contributed by atoms with Crippen LogP contribution in [0.2, 0.25) is 0 Å². The summed E-state index contributed by atoms with van der Waals surface area (Å²) in [6.07, 6.45) is 1.49. The maximum atomic E-state index is 12.1. The number of fused-ring (bicyclic) bond motifs is 1. The minimum Gasteiger partial charge on any atom is -0.356 e. The molecule has 0 aliphatic heterocycles. The first-order valence-corrected chi connectivity index (χ1v) is 8.12. The number of unbranched alkanes of at least 4 members (excludes halogenated alkanes) is 1. The van der Waals surface area contributed by atoms with Crippen molar-refractivity contribution in [2.24, 2.45) is 0 Å². The zero-order chi connectivity index (χ0) is 16.8. The van der Waals surface area contributed by atoms with Crippen LogP contribution >= 0.6 is 15.9 Å². The summed E-state index contributed by atoms with van der Waals surface area (Å²) in [6, 6.07) is 7.04. The summed E-state index contributed by atoms with van der Waals surface area (Å²) in [6.45, 7) is 2.50. The zero-order valence-corrected chi connectivity index (χ0v) is 14.3. The van der Waals surface area contributed by atoms with E-state index in [1.807, 2.05) is 12.1 Å². The molecule has 0 unspecified atom stereocenters. The molecule has 0 fully saturated rings. The van der Waals surface area contributed by atoms with Gasteiger partial charge in [-0.2, -0.15) is 0 Å². The van der Waals surface area contributed by atoms with Gasteiger partial charge in [0.15, 0.2) is 0 Å². The van der Waals surface area contributed by atoms with Gasteiger partial charge in [0.1, 0.15) is 5.56 Å². The molecule has 1 heterocycles. The van der Waals surface area contributed by atoms with E-state index in [1.54, 1.807) is 12.1 Å². The molecular weight excluding hydrogens is 362 g/mol. The van der Waals surface area contributed by atoms with Crippen molar-refractivity contribution in [1.29, 1.82) is 0 Å². The standard InChI is InChI=1S/C16H18BrN3O3/c1-10(21)18-6-2-3-7-19-15(22)13-9-11-8-12(17)4-5-14(11)20-16(13)23/h4-5,8-9H,2-3,6-7H2,1H3,(H,18,21)(H,19,22)(H,20,23). The molecule has 1 aromatic heterocycles. The summed E-state index contributed by atoms with van der Waals surface area (Å²) in [5.41, 5.74) is 0.373. The number of hydrogen-bond donors (Lipinski definition) is 3. The molecule has 0 aliphatic carbocycles. The lowest BCUT2D eigenvalue weighted by molar-refractivity contribution is -0.118. The van der Waals surface area contributed by atoms with E-state index in [9.17, 15) is 14.4 Å². The van der Waals surface area contributed by atoms with Crippen LogP contribution in [0.5, 0.6) is 0 Å². The smallest absolute Gasteiger partial charge is 0.261 e. The molecule has 2 aromatic rings. The van der Waals surface area contributed by atoms with Crippen molar-refractivity contribution in [1.82, 2.24) is 15.6 Å². The molecule has 0 bridgehead atoms. The topological polar surface area (TPSA) is 91.1 Å². The van der Waals surface area contributed by atoms with Crippen LogP contribution in [0.4, 0.5) is 0 Å². The largest absolute Gasteiger partial charge is 0.356 e. The zero-order valence-electron chi connectivity index (χ0n) is 12.7. The minimum atomic E-state index is -0.407. The van der Waals surface area contributed by atoms with Gasteiger partial charge in [-0.3, -0.25) is 14.4 Å². The van der Waals surface area contributed by atoms with Crippen LogP contribution in [0.1, 0.15) is 30.1 Å². The van der Waals surface area contributed by atoms with E-state index in [4.69, 9.17) is 0 Å². The van der Waals surface area contributed by atoms with Crippen LogP contribution in [0.25, 0.3) is 10.9 Å². The summed E-state index contributed by atoms with van der Waals surface area (Å²) in [5, 5.41) is 6.20. The first-order chi connectivity index (χ1) is 11.0. The molecular formula is C16H18BrN3O3. The van der Waals surface area contributed by atoms with Crippen molar-refractivity contribution in [2.45, 2.75) is 19.8 Å². The Morgan fingerprint density at radius 3 is 2.52 bits per heavy atom. The lowest BCUT2D eigenvalue weighted by atomic mass is 10.1. The number of nitrogens with one attached hydrogen (secondary N) is 3. The quantitative estimate of drug-likeness (QED) is 0.669. The van der Waals surface area contributed by atoms with Gasteiger partial charge in [-0.25, -0.2) is 0 Å². The van der Waals surface area contributed by atoms with Gasteiger partial charge in [0.25, 0.3) is 11.5 Å². The average Bonchev–Trinajstić information content (AvgIpc) is 2.50. The Morgan fingerprint density at radius 2 is 1.83 bits per heavy atom. The molecule has 3 N–H and O–H groups in total. The van der Waals surface area contributed by atoms with Crippen molar-refractivity contribution in [3.63, 3.8) is 0 Å². The highest BCUT2D eigenvalue weighted by Gasteiger charge is 2.11. The maximum Gasteiger partial charge on any atom is 0.261 e. The summed E-state index contributed by atoms with van der Waals surface area (Å²) < 4.78 is 0.876. The van der Waals surface area contributed by atoms with Gasteiger partial charge in [0.05, 0.1) is 0 Å². The van der Waals surface area contributed by atoms with Gasteiger partial charge in [-0.15, -0.1) is 0 Å². The number of H-pyrrole nitrogens is 1. The third kappa shape index (κ3) is 4.92. The SMILES string of the molecule is CC(=O)NCCCCNC(=O)c1cc2cc(Br)ccc2[nH]c1=O. The van der Waals surface area contributed by atoms with Gasteiger partial charge < -0.3 is 15.6 Å². The Kier molecular flexibility index (Phi) is 5.92. The van der Waals surface area contributed by atoms with E-state index < -0.39 is 11.5 Å². The second-order valence-corrected chi connectivity index (χ2v) is 6.11. The lowest BCUT2D eigenvalue weighted by Gasteiger charge is -2.06. The highest BCUT2D eigenvalue weighted by Crippen LogP contribution is 2.17. The lowest BCUT2D eigenvalue weighted by Crippen LogP contribution is -2.30. The predicted molar refractivity (Wildman–Crippen MR) is 92.5 cm³/mol. The number of hydrogen-bond acceptors (Lipinski definition) is 3. The van der Waals surface area contributed by atoms with Crippen molar-refractivity contribution >= 4 is 38.6 Å². The van der Waals surface area contributed by atoms with Crippen LogP contribution in [0, 0.1) is 0 Å². The normalized spacial score (nSPS) is 10.5. The molecule has 0 atom stereocenters. The Balaban J connectivity index is 1.96. The van der Waals surface area contributed by atoms with E-state index >= 15 is 0 Å². The molecule has 0 saturated carbocycles. The molecule has 6 nitrogen and oxygen atoms in total. The van der Waals surface area contributed by atoms with E-state index in [1.165, 1.54) is 6.92 Å². The van der Waals surface area contributed by atoms with Gasteiger partial charge in [0, 0.05) is 35.4 Å². The number of aromatic amines is 1. The summed E-state index contributed by atoms with van der Waals surface area (Å²) >= 11 is 3.37. The number of carbonyl (C=O) groups is 2. The average molecular weight is 380 g/mol. The summed E-state index contributed by atoms with van der Waals surface area (Å²) in [5.74, 6) is -0.462. The Morgan fingerprint density at radius 1 is 1.13 bits per heavy atom. The monoisotopic (exact) mass is 379 g/mol. The van der Waals surface area contributed by atoms with E-state index in [0.717, 1.165) is 22.7 Å². The summed E-state index contributed by atoms with van der Waals surface area (Å²) in [7, 11) is 0. The molecule has 0 aliphatic rings. The minimum absolute atomic E-state index is 0.0668. The van der Waals surface area contributed by atoms with Crippen LogP contribution in [0.3, 0.4) is 0 Å². The van der Waals surface area contributed by atoms with E-state index in [0.29, 0.717) is 18.6 Å². The van der Waals surface area contributed by atoms with Gasteiger partial charge in [0.2, 0.25) is 5.91 Å². The van der Waals surface area contributed by atoms with E-state index in [2.05, 4.69) is 31.5 Å². The van der Waals surface area contributed by atoms with Crippen molar-refractivity contribution in [2.75, 3.05) is 13.1 Å².